The molecule has 0 aromatic heterocycles. The summed E-state index contributed by atoms with van der Waals surface area (Å²) in [5.41, 5.74) is 4.13. The van der Waals surface area contributed by atoms with Crippen molar-refractivity contribution in [2.45, 2.75) is 44.4 Å². The van der Waals surface area contributed by atoms with E-state index in [0.29, 0.717) is 0 Å². The van der Waals surface area contributed by atoms with Crippen LogP contribution in [-0.2, 0) is 0 Å². The summed E-state index contributed by atoms with van der Waals surface area (Å²) in [6, 6.07) is 8.78. The lowest BCUT2D eigenvalue weighted by Crippen LogP contribution is -1.93. The Balaban J connectivity index is 2.15. The number of halogens is 1. The van der Waals surface area contributed by atoms with Crippen LogP contribution in [0.5, 0.6) is 0 Å². The fourth-order valence-electron chi connectivity index (χ4n) is 2.24. The van der Waals surface area contributed by atoms with E-state index in [4.69, 9.17) is 11.6 Å². The van der Waals surface area contributed by atoms with E-state index < -0.39 is 0 Å². The highest BCUT2D eigenvalue weighted by molar-refractivity contribution is 6.20. The molecule has 0 nitrogen and oxygen atoms in total. The Morgan fingerprint density at radius 3 is 2.50 bits per heavy atom. The molecule has 0 saturated heterocycles. The molecule has 0 amide bonds. The third-order valence-electron chi connectivity index (χ3n) is 3.29. The molecule has 0 N–H and O–H groups in total. The van der Waals surface area contributed by atoms with Gasteiger partial charge < -0.3 is 0 Å². The lowest BCUT2D eigenvalue weighted by molar-refractivity contribution is 0.742. The number of alkyl halides is 1. The number of hydrogen-bond acceptors (Lipinski definition) is 0. The Bertz CT molecular complexity index is 362. The summed E-state index contributed by atoms with van der Waals surface area (Å²) < 4.78 is 0. The highest BCUT2D eigenvalue weighted by atomic mass is 35.5. The second-order valence-corrected chi connectivity index (χ2v) is 5.00. The monoisotopic (exact) mass is 234 g/mol. The second kappa shape index (κ2) is 5.54. The number of rotatable bonds is 3. The Morgan fingerprint density at radius 2 is 1.94 bits per heavy atom. The SMILES string of the molecule is CCC(Cl)c1ccc(C2=CCCCC2)cc1. The minimum absolute atomic E-state index is 0.161. The summed E-state index contributed by atoms with van der Waals surface area (Å²) in [5.74, 6) is 0. The second-order valence-electron chi connectivity index (χ2n) is 4.47. The van der Waals surface area contributed by atoms with Crippen LogP contribution in [0, 0.1) is 0 Å². The highest BCUT2D eigenvalue weighted by Crippen LogP contribution is 2.29. The summed E-state index contributed by atoms with van der Waals surface area (Å²) >= 11 is 6.21. The van der Waals surface area contributed by atoms with Crippen LogP contribution in [0.4, 0.5) is 0 Å². The topological polar surface area (TPSA) is 0 Å². The molecule has 2 rings (SSSR count). The Kier molecular flexibility index (Phi) is 4.06. The molecule has 0 aliphatic heterocycles. The van der Waals surface area contributed by atoms with Crippen molar-refractivity contribution < 1.29 is 0 Å². The van der Waals surface area contributed by atoms with Gasteiger partial charge in [0.15, 0.2) is 0 Å². The van der Waals surface area contributed by atoms with E-state index in [9.17, 15) is 0 Å². The zero-order valence-electron chi connectivity index (χ0n) is 9.88. The van der Waals surface area contributed by atoms with Gasteiger partial charge in [-0.3, -0.25) is 0 Å². The predicted octanol–water partition coefficient (Wildman–Crippen LogP) is 5.33. The molecule has 1 unspecified atom stereocenters. The van der Waals surface area contributed by atoms with E-state index in [-0.39, 0.29) is 5.38 Å². The van der Waals surface area contributed by atoms with Crippen LogP contribution < -0.4 is 0 Å². The van der Waals surface area contributed by atoms with Crippen molar-refractivity contribution in [3.8, 4) is 0 Å². The first-order chi connectivity index (χ1) is 7.81. The molecule has 1 heteroatoms. The predicted molar refractivity (Wildman–Crippen MR) is 71.8 cm³/mol. The molecule has 1 aliphatic carbocycles. The van der Waals surface area contributed by atoms with Crippen molar-refractivity contribution in [2.24, 2.45) is 0 Å². The van der Waals surface area contributed by atoms with Gasteiger partial charge in [-0.2, -0.15) is 0 Å². The molecule has 0 heterocycles. The minimum Gasteiger partial charge on any atom is -0.118 e. The summed E-state index contributed by atoms with van der Waals surface area (Å²) in [6.07, 6.45) is 8.53. The zero-order chi connectivity index (χ0) is 11.4. The molecule has 0 saturated carbocycles. The minimum atomic E-state index is 0.161. The summed E-state index contributed by atoms with van der Waals surface area (Å²) in [6.45, 7) is 2.12. The molecular weight excluding hydrogens is 216 g/mol. The van der Waals surface area contributed by atoms with Crippen molar-refractivity contribution in [2.75, 3.05) is 0 Å². The lowest BCUT2D eigenvalue weighted by Gasteiger charge is -2.14. The van der Waals surface area contributed by atoms with Crippen molar-refractivity contribution in [3.63, 3.8) is 0 Å². The maximum absolute atomic E-state index is 6.21. The summed E-state index contributed by atoms with van der Waals surface area (Å²) in [4.78, 5) is 0. The third kappa shape index (κ3) is 2.68. The normalized spacial score (nSPS) is 18.0. The van der Waals surface area contributed by atoms with Crippen LogP contribution >= 0.6 is 11.6 Å². The molecule has 1 aromatic carbocycles. The zero-order valence-corrected chi connectivity index (χ0v) is 10.6. The van der Waals surface area contributed by atoms with Crippen LogP contribution in [0.15, 0.2) is 30.3 Å². The van der Waals surface area contributed by atoms with Crippen molar-refractivity contribution in [1.82, 2.24) is 0 Å². The van der Waals surface area contributed by atoms with E-state index in [1.807, 2.05) is 0 Å². The summed E-state index contributed by atoms with van der Waals surface area (Å²) in [5, 5.41) is 0.161. The summed E-state index contributed by atoms with van der Waals surface area (Å²) in [7, 11) is 0. The Labute approximate surface area is 103 Å². The molecule has 1 aliphatic rings. The van der Waals surface area contributed by atoms with Gasteiger partial charge in [0.05, 0.1) is 5.38 Å². The van der Waals surface area contributed by atoms with Crippen LogP contribution in [0.1, 0.15) is 55.5 Å². The molecule has 0 bridgehead atoms. The standard InChI is InChI=1S/C15H19Cl/c1-2-15(16)14-10-8-13(9-11-14)12-6-4-3-5-7-12/h6,8-11,15H,2-5,7H2,1H3. The van der Waals surface area contributed by atoms with Gasteiger partial charge in [-0.05, 0) is 48.8 Å². The van der Waals surface area contributed by atoms with Gasteiger partial charge >= 0.3 is 0 Å². The number of allylic oxidation sites excluding steroid dienone is 2. The number of hydrogen-bond donors (Lipinski definition) is 0. The first-order valence-electron chi connectivity index (χ1n) is 6.24. The smallest absolute Gasteiger partial charge is 0.0582 e. The van der Waals surface area contributed by atoms with Gasteiger partial charge in [0, 0.05) is 0 Å². The van der Waals surface area contributed by atoms with Gasteiger partial charge in [-0.15, -0.1) is 11.6 Å². The van der Waals surface area contributed by atoms with Crippen LogP contribution in [0.25, 0.3) is 5.57 Å². The van der Waals surface area contributed by atoms with Gasteiger partial charge in [0.2, 0.25) is 0 Å². The van der Waals surface area contributed by atoms with E-state index in [2.05, 4.69) is 37.3 Å². The van der Waals surface area contributed by atoms with Crippen LogP contribution in [0.3, 0.4) is 0 Å². The highest BCUT2D eigenvalue weighted by Gasteiger charge is 2.08. The van der Waals surface area contributed by atoms with Crippen molar-refractivity contribution >= 4 is 17.2 Å². The molecule has 86 valence electrons. The van der Waals surface area contributed by atoms with E-state index in [1.165, 1.54) is 42.4 Å². The first kappa shape index (κ1) is 11.7. The van der Waals surface area contributed by atoms with Gasteiger partial charge in [-0.25, -0.2) is 0 Å². The van der Waals surface area contributed by atoms with Gasteiger partial charge in [-0.1, -0.05) is 37.3 Å². The quantitative estimate of drug-likeness (QED) is 0.620. The molecule has 0 spiro atoms. The van der Waals surface area contributed by atoms with E-state index >= 15 is 0 Å². The molecule has 0 radical (unpaired) electrons. The van der Waals surface area contributed by atoms with Crippen molar-refractivity contribution in [3.05, 3.63) is 41.5 Å². The van der Waals surface area contributed by atoms with Gasteiger partial charge in [0.25, 0.3) is 0 Å². The van der Waals surface area contributed by atoms with Crippen LogP contribution in [0.2, 0.25) is 0 Å². The van der Waals surface area contributed by atoms with Crippen molar-refractivity contribution in [1.29, 1.82) is 0 Å². The molecule has 16 heavy (non-hydrogen) atoms. The molecular formula is C15H19Cl. The Morgan fingerprint density at radius 1 is 1.19 bits per heavy atom. The van der Waals surface area contributed by atoms with E-state index in [0.717, 1.165) is 6.42 Å². The first-order valence-corrected chi connectivity index (χ1v) is 6.68. The molecule has 1 atom stereocenters. The molecule has 1 aromatic rings. The maximum atomic E-state index is 6.21. The fourth-order valence-corrected chi connectivity index (χ4v) is 2.39. The average molecular weight is 235 g/mol. The third-order valence-corrected chi connectivity index (χ3v) is 3.85. The largest absolute Gasteiger partial charge is 0.118 e. The average Bonchev–Trinajstić information content (AvgIpc) is 2.39. The lowest BCUT2D eigenvalue weighted by atomic mass is 9.93. The number of benzene rings is 1. The van der Waals surface area contributed by atoms with Crippen LogP contribution in [-0.4, -0.2) is 0 Å². The Hall–Kier alpha value is -0.750. The van der Waals surface area contributed by atoms with Gasteiger partial charge in [0.1, 0.15) is 0 Å². The fraction of sp³-hybridized carbons (Fsp3) is 0.467. The maximum Gasteiger partial charge on any atom is 0.0582 e. The van der Waals surface area contributed by atoms with E-state index in [1.54, 1.807) is 0 Å². The molecule has 0 fully saturated rings.